The van der Waals surface area contributed by atoms with Crippen LogP contribution in [0.5, 0.6) is 0 Å². The van der Waals surface area contributed by atoms with E-state index in [2.05, 4.69) is 14.9 Å². The lowest BCUT2D eigenvalue weighted by molar-refractivity contribution is -0.138. The average Bonchev–Trinajstić information content (AvgIpc) is 2.60. The zero-order valence-corrected chi connectivity index (χ0v) is 9.66. The third kappa shape index (κ3) is 2.96. The molecular weight excluding hydrogens is 258 g/mol. The van der Waals surface area contributed by atoms with E-state index in [1.165, 1.54) is 13.8 Å². The Balaban J connectivity index is 3.02. The highest BCUT2D eigenvalue weighted by Crippen LogP contribution is 2.25. The Morgan fingerprint density at radius 1 is 1.44 bits per heavy atom. The Kier molecular flexibility index (Phi) is 4.25. The quantitative estimate of drug-likeness (QED) is 0.602. The van der Waals surface area contributed by atoms with Crippen LogP contribution in [-0.2, 0) is 11.3 Å². The molecule has 1 rings (SSSR count). The molecule has 0 fully saturated rings. The summed E-state index contributed by atoms with van der Waals surface area (Å²) in [7, 11) is 0. The minimum absolute atomic E-state index is 0.00990. The lowest BCUT2D eigenvalue weighted by Gasteiger charge is -2.17. The Hall–Kier alpha value is -1.67. The molecular formula is C9H11F4N3O2. The molecule has 0 spiro atoms. The van der Waals surface area contributed by atoms with E-state index in [0.717, 1.165) is 0 Å². The molecule has 1 aromatic rings. The van der Waals surface area contributed by atoms with Crippen molar-refractivity contribution in [1.29, 1.82) is 0 Å². The highest BCUT2D eigenvalue weighted by molar-refractivity contribution is 5.85. The maximum absolute atomic E-state index is 12.9. The summed E-state index contributed by atoms with van der Waals surface area (Å²) in [6, 6.07) is 0. The van der Waals surface area contributed by atoms with Crippen LogP contribution in [0.15, 0.2) is 0 Å². The molecule has 0 aliphatic heterocycles. The van der Waals surface area contributed by atoms with Crippen LogP contribution in [0.25, 0.3) is 0 Å². The molecule has 0 unspecified atom stereocenters. The molecule has 18 heavy (non-hydrogen) atoms. The molecule has 1 heterocycles. The molecule has 0 bridgehead atoms. The first-order valence-corrected chi connectivity index (χ1v) is 5.02. The number of alkyl halides is 4. The lowest BCUT2D eigenvalue weighted by atomic mass is 10.3. The second kappa shape index (κ2) is 5.32. The third-order valence-corrected chi connectivity index (χ3v) is 2.08. The van der Waals surface area contributed by atoms with Gasteiger partial charge in [0.05, 0.1) is 13.2 Å². The normalized spacial score (nSPS) is 11.9. The van der Waals surface area contributed by atoms with Crippen LogP contribution in [0.1, 0.15) is 23.4 Å². The van der Waals surface area contributed by atoms with Gasteiger partial charge in [-0.15, -0.1) is 10.2 Å². The fourth-order valence-corrected chi connectivity index (χ4v) is 1.20. The number of aryl methyl sites for hydroxylation is 1. The molecule has 0 amide bonds. The maximum atomic E-state index is 12.9. The Labute approximate surface area is 99.8 Å². The number of hydrogen-bond acceptors (Lipinski definition) is 4. The second-order valence-corrected chi connectivity index (χ2v) is 3.44. The summed E-state index contributed by atoms with van der Waals surface area (Å²) in [5, 5.41) is 6.74. The monoisotopic (exact) mass is 269 g/mol. The van der Waals surface area contributed by atoms with Gasteiger partial charge in [-0.05, 0) is 13.8 Å². The van der Waals surface area contributed by atoms with E-state index in [0.29, 0.717) is 4.57 Å². The Morgan fingerprint density at radius 2 is 2.06 bits per heavy atom. The number of ether oxygens (including phenoxy) is 1. The average molecular weight is 269 g/mol. The molecule has 9 heteroatoms. The summed E-state index contributed by atoms with van der Waals surface area (Å²) in [4.78, 5) is 11.4. The minimum Gasteiger partial charge on any atom is -0.460 e. The van der Waals surface area contributed by atoms with E-state index >= 15 is 0 Å². The number of carbonyl (C=O) groups excluding carboxylic acids is 1. The molecule has 0 radical (unpaired) electrons. The van der Waals surface area contributed by atoms with E-state index in [4.69, 9.17) is 0 Å². The summed E-state index contributed by atoms with van der Waals surface area (Å²) in [6.07, 6.45) is -3.84. The van der Waals surface area contributed by atoms with E-state index < -0.39 is 30.7 Å². The molecule has 0 aromatic carbocycles. The topological polar surface area (TPSA) is 57.0 Å². The number of hydrogen-bond donors (Lipinski definition) is 0. The molecule has 0 atom stereocenters. The first-order valence-electron chi connectivity index (χ1n) is 5.02. The zero-order valence-electron chi connectivity index (χ0n) is 9.66. The number of rotatable bonds is 5. The molecule has 0 saturated carbocycles. The fraction of sp³-hybridized carbons (Fsp3) is 0.667. The van der Waals surface area contributed by atoms with Crippen molar-refractivity contribution in [1.82, 2.24) is 14.8 Å². The van der Waals surface area contributed by atoms with Crippen molar-refractivity contribution in [2.75, 3.05) is 6.61 Å². The fourth-order valence-electron chi connectivity index (χ4n) is 1.20. The summed E-state index contributed by atoms with van der Waals surface area (Å²) < 4.78 is 55.3. The van der Waals surface area contributed by atoms with Crippen LogP contribution in [0.3, 0.4) is 0 Å². The molecule has 5 nitrogen and oxygen atoms in total. The van der Waals surface area contributed by atoms with Crippen molar-refractivity contribution in [3.05, 3.63) is 11.6 Å². The van der Waals surface area contributed by atoms with Crippen LogP contribution in [0.4, 0.5) is 17.6 Å². The summed E-state index contributed by atoms with van der Waals surface area (Å²) in [6.45, 7) is 1.42. The molecule has 0 aliphatic rings. The number of aromatic nitrogens is 3. The van der Waals surface area contributed by atoms with Crippen molar-refractivity contribution < 1.29 is 27.1 Å². The standard InChI is InChI=1S/C9H11F4N3O2/c1-3-18-7(17)6-15-14-5(2)16(6)4-9(12,13)8(10)11/h8H,3-4H2,1-2H3. The minimum atomic E-state index is -4.27. The van der Waals surface area contributed by atoms with Gasteiger partial charge in [0, 0.05) is 0 Å². The van der Waals surface area contributed by atoms with Crippen molar-refractivity contribution in [3.8, 4) is 0 Å². The Bertz CT molecular complexity index is 433. The van der Waals surface area contributed by atoms with Gasteiger partial charge in [0.15, 0.2) is 0 Å². The van der Waals surface area contributed by atoms with Gasteiger partial charge in [-0.25, -0.2) is 13.6 Å². The van der Waals surface area contributed by atoms with Crippen LogP contribution in [0, 0.1) is 6.92 Å². The van der Waals surface area contributed by atoms with Gasteiger partial charge in [-0.3, -0.25) is 4.57 Å². The predicted octanol–water partition coefficient (Wildman–Crippen LogP) is 1.66. The van der Waals surface area contributed by atoms with Crippen LogP contribution < -0.4 is 0 Å². The van der Waals surface area contributed by atoms with E-state index in [-0.39, 0.29) is 12.4 Å². The van der Waals surface area contributed by atoms with Gasteiger partial charge in [0.1, 0.15) is 5.82 Å². The molecule has 1 aromatic heterocycles. The number of carbonyl (C=O) groups is 1. The van der Waals surface area contributed by atoms with Crippen molar-refractivity contribution >= 4 is 5.97 Å². The highest BCUT2D eigenvalue weighted by Gasteiger charge is 2.42. The number of esters is 1. The van der Waals surface area contributed by atoms with E-state index in [9.17, 15) is 22.4 Å². The maximum Gasteiger partial charge on any atom is 0.376 e. The molecule has 102 valence electrons. The van der Waals surface area contributed by atoms with Gasteiger partial charge in [-0.1, -0.05) is 0 Å². The lowest BCUT2D eigenvalue weighted by Crippen LogP contribution is -2.34. The first-order chi connectivity index (χ1) is 8.29. The largest absolute Gasteiger partial charge is 0.460 e. The van der Waals surface area contributed by atoms with Crippen molar-refractivity contribution in [3.63, 3.8) is 0 Å². The van der Waals surface area contributed by atoms with Gasteiger partial charge in [0.2, 0.25) is 5.82 Å². The third-order valence-electron chi connectivity index (χ3n) is 2.08. The zero-order chi connectivity index (χ0) is 13.9. The van der Waals surface area contributed by atoms with Crippen molar-refractivity contribution in [2.45, 2.75) is 32.7 Å². The highest BCUT2D eigenvalue weighted by atomic mass is 19.3. The van der Waals surface area contributed by atoms with E-state index in [1.807, 2.05) is 0 Å². The molecule has 0 saturated heterocycles. The molecule has 0 aliphatic carbocycles. The smallest absolute Gasteiger partial charge is 0.376 e. The van der Waals surface area contributed by atoms with Gasteiger partial charge >= 0.3 is 18.3 Å². The molecule has 0 N–H and O–H groups in total. The summed E-state index contributed by atoms with van der Waals surface area (Å²) in [5.74, 6) is -5.84. The predicted molar refractivity (Wildman–Crippen MR) is 51.7 cm³/mol. The first kappa shape index (κ1) is 14.4. The SMILES string of the molecule is CCOC(=O)c1nnc(C)n1CC(F)(F)C(F)F. The van der Waals surface area contributed by atoms with Crippen LogP contribution >= 0.6 is 0 Å². The second-order valence-electron chi connectivity index (χ2n) is 3.44. The van der Waals surface area contributed by atoms with E-state index in [1.54, 1.807) is 0 Å². The summed E-state index contributed by atoms with van der Waals surface area (Å²) >= 11 is 0. The van der Waals surface area contributed by atoms with Gasteiger partial charge in [-0.2, -0.15) is 8.78 Å². The Morgan fingerprint density at radius 3 is 2.56 bits per heavy atom. The van der Waals surface area contributed by atoms with Gasteiger partial charge in [0.25, 0.3) is 0 Å². The van der Waals surface area contributed by atoms with Crippen LogP contribution in [-0.4, -0.2) is 39.7 Å². The number of halogens is 4. The van der Waals surface area contributed by atoms with Crippen molar-refractivity contribution in [2.24, 2.45) is 0 Å². The van der Waals surface area contributed by atoms with Crippen LogP contribution in [0.2, 0.25) is 0 Å². The van der Waals surface area contributed by atoms with Gasteiger partial charge < -0.3 is 4.74 Å². The summed E-state index contributed by atoms with van der Waals surface area (Å²) in [5.41, 5.74) is 0. The number of nitrogens with zero attached hydrogens (tertiary/aromatic N) is 3.